The molecule has 112 valence electrons. The molecule has 3 rings (SSSR count). The maximum Gasteiger partial charge on any atom is 0.258 e. The number of amides is 1. The average Bonchev–Trinajstić information content (AvgIpc) is 2.75. The third-order valence-corrected chi connectivity index (χ3v) is 4.26. The number of benzene rings is 2. The van der Waals surface area contributed by atoms with Crippen molar-refractivity contribution >= 4 is 45.8 Å². The number of nitrogens with one attached hydrogen (secondary N) is 1. The minimum atomic E-state index is -0.346. The molecule has 1 heterocycles. The number of fused-ring (bicyclic) bond motifs is 1. The highest BCUT2D eigenvalue weighted by atomic mass is 35.5. The Hall–Kier alpha value is -1.97. The highest BCUT2D eigenvalue weighted by Gasteiger charge is 2.17. The van der Waals surface area contributed by atoms with Crippen molar-refractivity contribution in [3.63, 3.8) is 0 Å². The van der Waals surface area contributed by atoms with Crippen LogP contribution in [-0.4, -0.2) is 5.91 Å². The van der Waals surface area contributed by atoms with Gasteiger partial charge in [0.25, 0.3) is 5.91 Å². The molecule has 1 N–H and O–H groups in total. The first-order valence-corrected chi connectivity index (χ1v) is 7.48. The van der Waals surface area contributed by atoms with Crippen LogP contribution in [0, 0.1) is 13.8 Å². The summed E-state index contributed by atoms with van der Waals surface area (Å²) in [7, 11) is 0. The first-order chi connectivity index (χ1) is 10.5. The van der Waals surface area contributed by atoms with Crippen molar-refractivity contribution in [2.75, 3.05) is 5.32 Å². The van der Waals surface area contributed by atoms with Crippen molar-refractivity contribution in [1.29, 1.82) is 0 Å². The molecule has 1 aromatic heterocycles. The van der Waals surface area contributed by atoms with Crippen molar-refractivity contribution in [3.05, 3.63) is 63.3 Å². The number of anilines is 1. The molecule has 5 heteroatoms. The van der Waals surface area contributed by atoms with E-state index in [4.69, 9.17) is 27.6 Å². The van der Waals surface area contributed by atoms with Gasteiger partial charge in [-0.3, -0.25) is 4.79 Å². The highest BCUT2D eigenvalue weighted by Crippen LogP contribution is 2.32. The van der Waals surface area contributed by atoms with Gasteiger partial charge in [-0.25, -0.2) is 0 Å². The molecule has 3 nitrogen and oxygen atoms in total. The number of aryl methyl sites for hydroxylation is 2. The summed E-state index contributed by atoms with van der Waals surface area (Å²) in [6, 6.07) is 10.5. The lowest BCUT2D eigenvalue weighted by molar-refractivity contribution is 0.102. The third kappa shape index (κ3) is 2.47. The zero-order valence-electron chi connectivity index (χ0n) is 12.0. The molecular formula is C17H13Cl2NO2. The summed E-state index contributed by atoms with van der Waals surface area (Å²) in [5.74, 6) is 0.480. The van der Waals surface area contributed by atoms with Gasteiger partial charge in [0.15, 0.2) is 0 Å². The zero-order chi connectivity index (χ0) is 15.9. The molecule has 0 unspecified atom stereocenters. The Labute approximate surface area is 137 Å². The van der Waals surface area contributed by atoms with E-state index in [1.807, 2.05) is 32.0 Å². The normalized spacial score (nSPS) is 10.9. The van der Waals surface area contributed by atoms with Crippen LogP contribution < -0.4 is 5.32 Å². The van der Waals surface area contributed by atoms with Crippen LogP contribution >= 0.6 is 23.2 Å². The maximum absolute atomic E-state index is 12.5. The van der Waals surface area contributed by atoms with E-state index in [9.17, 15) is 4.79 Å². The van der Waals surface area contributed by atoms with Gasteiger partial charge in [0.2, 0.25) is 0 Å². The molecule has 22 heavy (non-hydrogen) atoms. The first-order valence-electron chi connectivity index (χ1n) is 6.73. The Morgan fingerprint density at radius 3 is 2.36 bits per heavy atom. The largest absolute Gasteiger partial charge is 0.461 e. The number of rotatable bonds is 2. The van der Waals surface area contributed by atoms with E-state index in [0.717, 1.165) is 22.3 Å². The van der Waals surface area contributed by atoms with Crippen LogP contribution in [-0.2, 0) is 0 Å². The van der Waals surface area contributed by atoms with E-state index in [1.165, 1.54) is 0 Å². The molecule has 0 fully saturated rings. The number of carbonyl (C=O) groups is 1. The second-order valence-corrected chi connectivity index (χ2v) is 5.83. The number of furan rings is 1. The van der Waals surface area contributed by atoms with Gasteiger partial charge in [0.05, 0.1) is 21.3 Å². The second kappa shape index (κ2) is 5.67. The maximum atomic E-state index is 12.5. The van der Waals surface area contributed by atoms with Crippen molar-refractivity contribution in [2.45, 2.75) is 13.8 Å². The van der Waals surface area contributed by atoms with Crippen LogP contribution in [0.5, 0.6) is 0 Å². The monoisotopic (exact) mass is 333 g/mol. The summed E-state index contributed by atoms with van der Waals surface area (Å²) in [6.45, 7) is 3.85. The lowest BCUT2D eigenvalue weighted by Crippen LogP contribution is -2.13. The van der Waals surface area contributed by atoms with Gasteiger partial charge in [-0.2, -0.15) is 0 Å². The van der Waals surface area contributed by atoms with Crippen molar-refractivity contribution in [2.24, 2.45) is 0 Å². The minimum Gasteiger partial charge on any atom is -0.461 e. The number of halogens is 2. The van der Waals surface area contributed by atoms with Gasteiger partial charge < -0.3 is 9.73 Å². The van der Waals surface area contributed by atoms with E-state index in [0.29, 0.717) is 15.7 Å². The van der Waals surface area contributed by atoms with Gasteiger partial charge >= 0.3 is 0 Å². The smallest absolute Gasteiger partial charge is 0.258 e. The molecule has 3 aromatic rings. The van der Waals surface area contributed by atoms with Crippen LogP contribution in [0.15, 0.2) is 40.8 Å². The fourth-order valence-electron chi connectivity index (χ4n) is 2.42. The lowest BCUT2D eigenvalue weighted by Gasteiger charge is -2.09. The van der Waals surface area contributed by atoms with Gasteiger partial charge in [-0.1, -0.05) is 35.3 Å². The van der Waals surface area contributed by atoms with Crippen LogP contribution in [0.3, 0.4) is 0 Å². The Bertz CT molecular complexity index is 863. The van der Waals surface area contributed by atoms with E-state index >= 15 is 0 Å². The summed E-state index contributed by atoms with van der Waals surface area (Å²) in [5.41, 5.74) is 2.67. The van der Waals surface area contributed by atoms with Crippen molar-refractivity contribution in [3.8, 4) is 0 Å². The average molecular weight is 334 g/mol. The van der Waals surface area contributed by atoms with E-state index in [2.05, 4.69) is 5.32 Å². The molecule has 0 saturated carbocycles. The fraction of sp³-hybridized carbons (Fsp3) is 0.118. The molecule has 1 amide bonds. The molecule has 0 bridgehead atoms. The van der Waals surface area contributed by atoms with Crippen LogP contribution in [0.25, 0.3) is 11.0 Å². The first kappa shape index (κ1) is 14.9. The molecule has 0 spiro atoms. The van der Waals surface area contributed by atoms with Gasteiger partial charge in [-0.05, 0) is 38.1 Å². The van der Waals surface area contributed by atoms with Gasteiger partial charge in [0, 0.05) is 10.9 Å². The summed E-state index contributed by atoms with van der Waals surface area (Å²) >= 11 is 12.2. The van der Waals surface area contributed by atoms with E-state index in [-0.39, 0.29) is 11.5 Å². The minimum absolute atomic E-state index is 0.265. The van der Waals surface area contributed by atoms with Gasteiger partial charge in [-0.15, -0.1) is 0 Å². The second-order valence-electron chi connectivity index (χ2n) is 5.01. The Morgan fingerprint density at radius 2 is 1.68 bits per heavy atom. The third-order valence-electron chi connectivity index (χ3n) is 3.63. The number of hydrogen-bond acceptors (Lipinski definition) is 2. The molecule has 0 aliphatic carbocycles. The SMILES string of the molecule is Cc1oc2cccc(NC(=O)c3c(Cl)cccc3Cl)c2c1C. The Balaban J connectivity index is 2.05. The molecule has 0 atom stereocenters. The summed E-state index contributed by atoms with van der Waals surface area (Å²) in [5, 5.41) is 4.39. The van der Waals surface area contributed by atoms with Crippen LogP contribution in [0.2, 0.25) is 10.0 Å². The highest BCUT2D eigenvalue weighted by molar-refractivity contribution is 6.40. The van der Waals surface area contributed by atoms with Gasteiger partial charge in [0.1, 0.15) is 11.3 Å². The van der Waals surface area contributed by atoms with Crippen LogP contribution in [0.1, 0.15) is 21.7 Å². The Morgan fingerprint density at radius 1 is 1.05 bits per heavy atom. The predicted octanol–water partition coefficient (Wildman–Crippen LogP) is 5.61. The van der Waals surface area contributed by atoms with Crippen molar-refractivity contribution in [1.82, 2.24) is 0 Å². The predicted molar refractivity (Wildman–Crippen MR) is 90.1 cm³/mol. The molecule has 0 radical (unpaired) electrons. The topological polar surface area (TPSA) is 42.2 Å². The summed E-state index contributed by atoms with van der Waals surface area (Å²) in [4.78, 5) is 12.5. The molecule has 0 aliphatic heterocycles. The van der Waals surface area contributed by atoms with Crippen molar-refractivity contribution < 1.29 is 9.21 Å². The molecular weight excluding hydrogens is 321 g/mol. The van der Waals surface area contributed by atoms with Crippen LogP contribution in [0.4, 0.5) is 5.69 Å². The zero-order valence-corrected chi connectivity index (χ0v) is 13.5. The number of hydrogen-bond donors (Lipinski definition) is 1. The molecule has 0 saturated heterocycles. The lowest BCUT2D eigenvalue weighted by atomic mass is 10.1. The summed E-state index contributed by atoms with van der Waals surface area (Å²) in [6.07, 6.45) is 0. The van der Waals surface area contributed by atoms with E-state index < -0.39 is 0 Å². The molecule has 0 aliphatic rings. The quantitative estimate of drug-likeness (QED) is 0.662. The standard InChI is InChI=1S/C17H13Cl2NO2/c1-9-10(2)22-14-8-4-7-13(15(9)14)20-17(21)16-11(18)5-3-6-12(16)19/h3-8H,1-2H3,(H,20,21). The summed E-state index contributed by atoms with van der Waals surface area (Å²) < 4.78 is 5.67. The number of carbonyl (C=O) groups excluding carboxylic acids is 1. The fourth-order valence-corrected chi connectivity index (χ4v) is 2.99. The Kier molecular flexibility index (Phi) is 3.85. The molecule has 2 aromatic carbocycles. The van der Waals surface area contributed by atoms with E-state index in [1.54, 1.807) is 18.2 Å².